The zero-order valence-corrected chi connectivity index (χ0v) is 13.7. The Morgan fingerprint density at radius 2 is 2.00 bits per heavy atom. The molecule has 0 aliphatic rings. The molecular formula is C16H12ClF3N4O. The van der Waals surface area contributed by atoms with Crippen LogP contribution in [0.5, 0.6) is 0 Å². The zero-order valence-electron chi connectivity index (χ0n) is 12.9. The number of aromatic nitrogens is 3. The minimum absolute atomic E-state index is 0.123. The van der Waals surface area contributed by atoms with Crippen LogP contribution < -0.4 is 10.5 Å². The van der Waals surface area contributed by atoms with Gasteiger partial charge in [0.1, 0.15) is 11.6 Å². The van der Waals surface area contributed by atoms with Crippen LogP contribution in [0.25, 0.3) is 10.9 Å². The normalized spacial score (nSPS) is 11.7. The third-order valence-corrected chi connectivity index (χ3v) is 3.84. The van der Waals surface area contributed by atoms with Crippen molar-refractivity contribution in [2.75, 3.05) is 11.9 Å². The van der Waals surface area contributed by atoms with E-state index in [9.17, 15) is 18.0 Å². The minimum atomic E-state index is -4.52. The van der Waals surface area contributed by atoms with Crippen molar-refractivity contribution in [2.24, 2.45) is 0 Å². The number of anilines is 1. The molecule has 0 fully saturated rings. The zero-order chi connectivity index (χ0) is 18.2. The number of alkyl halides is 3. The van der Waals surface area contributed by atoms with E-state index in [-0.39, 0.29) is 22.9 Å². The van der Waals surface area contributed by atoms with Crippen molar-refractivity contribution < 1.29 is 13.2 Å². The number of benzene rings is 1. The van der Waals surface area contributed by atoms with Gasteiger partial charge >= 0.3 is 6.18 Å². The Hall–Kier alpha value is -2.61. The van der Waals surface area contributed by atoms with E-state index in [4.69, 9.17) is 11.6 Å². The molecule has 130 valence electrons. The first-order valence-electron chi connectivity index (χ1n) is 7.17. The quantitative estimate of drug-likeness (QED) is 0.767. The van der Waals surface area contributed by atoms with Gasteiger partial charge in [0.2, 0.25) is 0 Å². The molecule has 5 nitrogen and oxygen atoms in total. The van der Waals surface area contributed by atoms with Crippen LogP contribution >= 0.6 is 11.6 Å². The maximum atomic E-state index is 12.7. The maximum Gasteiger partial charge on any atom is 0.417 e. The smallest absolute Gasteiger partial charge is 0.351 e. The van der Waals surface area contributed by atoms with Crippen LogP contribution in [0.15, 0.2) is 41.3 Å². The number of rotatable bonds is 3. The highest BCUT2D eigenvalue weighted by atomic mass is 35.5. The fourth-order valence-electron chi connectivity index (χ4n) is 2.38. The average molecular weight is 369 g/mol. The second-order valence-corrected chi connectivity index (χ2v) is 5.82. The highest BCUT2D eigenvalue weighted by Crippen LogP contribution is 2.33. The number of para-hydroxylation sites is 1. The fraction of sp³-hybridized carbons (Fsp3) is 0.188. The molecule has 0 amide bonds. The van der Waals surface area contributed by atoms with Crippen molar-refractivity contribution in [3.05, 3.63) is 63.3 Å². The summed E-state index contributed by atoms with van der Waals surface area (Å²) in [6.45, 7) is 0.123. The van der Waals surface area contributed by atoms with Crippen LogP contribution in [0.2, 0.25) is 5.02 Å². The number of aromatic amines is 1. The van der Waals surface area contributed by atoms with E-state index >= 15 is 0 Å². The van der Waals surface area contributed by atoms with Crippen molar-refractivity contribution in [3.8, 4) is 0 Å². The van der Waals surface area contributed by atoms with Crippen molar-refractivity contribution in [2.45, 2.75) is 12.7 Å². The molecule has 3 rings (SSSR count). The largest absolute Gasteiger partial charge is 0.417 e. The fourth-order valence-corrected chi connectivity index (χ4v) is 2.69. The van der Waals surface area contributed by atoms with Gasteiger partial charge in [-0.1, -0.05) is 23.7 Å². The molecule has 2 heterocycles. The number of hydrogen-bond acceptors (Lipinski definition) is 4. The van der Waals surface area contributed by atoms with Gasteiger partial charge in [0.25, 0.3) is 5.56 Å². The summed E-state index contributed by atoms with van der Waals surface area (Å²) < 4.78 is 38.0. The lowest BCUT2D eigenvalue weighted by atomic mass is 10.2. The lowest BCUT2D eigenvalue weighted by Gasteiger charge is -2.19. The molecule has 0 unspecified atom stereocenters. The van der Waals surface area contributed by atoms with Crippen molar-refractivity contribution >= 4 is 28.3 Å². The average Bonchev–Trinajstić information content (AvgIpc) is 2.53. The molecule has 3 aromatic rings. The van der Waals surface area contributed by atoms with Gasteiger partial charge in [-0.2, -0.15) is 13.2 Å². The van der Waals surface area contributed by atoms with Gasteiger partial charge < -0.3 is 9.88 Å². The van der Waals surface area contributed by atoms with Gasteiger partial charge in [0.05, 0.1) is 28.0 Å². The van der Waals surface area contributed by atoms with Gasteiger partial charge in [-0.15, -0.1) is 0 Å². The first-order chi connectivity index (χ1) is 11.8. The summed E-state index contributed by atoms with van der Waals surface area (Å²) >= 11 is 5.93. The van der Waals surface area contributed by atoms with E-state index in [1.165, 1.54) is 4.90 Å². The van der Waals surface area contributed by atoms with Gasteiger partial charge in [0, 0.05) is 13.2 Å². The lowest BCUT2D eigenvalue weighted by Crippen LogP contribution is -2.23. The van der Waals surface area contributed by atoms with Gasteiger partial charge in [-0.05, 0) is 18.2 Å². The summed E-state index contributed by atoms with van der Waals surface area (Å²) in [5, 5.41) is 0.319. The molecule has 1 N–H and O–H groups in total. The molecule has 0 spiro atoms. The lowest BCUT2D eigenvalue weighted by molar-refractivity contribution is -0.137. The van der Waals surface area contributed by atoms with E-state index in [0.717, 1.165) is 6.07 Å². The predicted octanol–water partition coefficient (Wildman–Crippen LogP) is 3.63. The van der Waals surface area contributed by atoms with E-state index in [1.807, 2.05) is 0 Å². The summed E-state index contributed by atoms with van der Waals surface area (Å²) in [4.78, 5) is 24.3. The number of halogens is 4. The predicted molar refractivity (Wildman–Crippen MR) is 88.7 cm³/mol. The topological polar surface area (TPSA) is 61.9 Å². The Labute approximate surface area is 145 Å². The number of fused-ring (bicyclic) bond motifs is 1. The molecule has 0 atom stereocenters. The van der Waals surface area contributed by atoms with Gasteiger partial charge in [-0.3, -0.25) is 4.79 Å². The van der Waals surface area contributed by atoms with Crippen LogP contribution in [-0.2, 0) is 12.7 Å². The van der Waals surface area contributed by atoms with E-state index < -0.39 is 11.7 Å². The van der Waals surface area contributed by atoms with Crippen molar-refractivity contribution in [1.29, 1.82) is 0 Å². The Morgan fingerprint density at radius 1 is 1.28 bits per heavy atom. The second-order valence-electron chi connectivity index (χ2n) is 5.41. The monoisotopic (exact) mass is 368 g/mol. The number of nitrogens with zero attached hydrogens (tertiary/aromatic N) is 3. The first-order valence-corrected chi connectivity index (χ1v) is 7.55. The van der Waals surface area contributed by atoms with Crippen molar-refractivity contribution in [1.82, 2.24) is 15.0 Å². The maximum absolute atomic E-state index is 12.7. The Kier molecular flexibility index (Phi) is 4.38. The Bertz CT molecular complexity index is 987. The number of nitrogens with one attached hydrogen (secondary N) is 1. The highest BCUT2D eigenvalue weighted by molar-refractivity contribution is 6.33. The molecule has 2 aromatic heterocycles. The molecule has 0 aliphatic carbocycles. The molecule has 25 heavy (non-hydrogen) atoms. The molecule has 9 heteroatoms. The molecule has 0 saturated carbocycles. The van der Waals surface area contributed by atoms with Gasteiger partial charge in [-0.25, -0.2) is 9.97 Å². The Balaban J connectivity index is 1.90. The highest BCUT2D eigenvalue weighted by Gasteiger charge is 2.31. The van der Waals surface area contributed by atoms with E-state index in [0.29, 0.717) is 22.9 Å². The van der Waals surface area contributed by atoms with Crippen molar-refractivity contribution in [3.63, 3.8) is 0 Å². The summed E-state index contributed by atoms with van der Waals surface area (Å²) in [6.07, 6.45) is -3.80. The third-order valence-electron chi connectivity index (χ3n) is 3.56. The number of hydrogen-bond donors (Lipinski definition) is 1. The van der Waals surface area contributed by atoms with Crippen LogP contribution in [-0.4, -0.2) is 22.0 Å². The molecular weight excluding hydrogens is 357 g/mol. The summed E-state index contributed by atoms with van der Waals surface area (Å²) in [6, 6.07) is 7.67. The second kappa shape index (κ2) is 6.36. The minimum Gasteiger partial charge on any atom is -0.351 e. The van der Waals surface area contributed by atoms with Crippen LogP contribution in [0.4, 0.5) is 19.0 Å². The Morgan fingerprint density at radius 3 is 2.68 bits per heavy atom. The molecule has 0 aliphatic heterocycles. The van der Waals surface area contributed by atoms with E-state index in [1.54, 1.807) is 31.3 Å². The van der Waals surface area contributed by atoms with Crippen LogP contribution in [0.1, 0.15) is 11.4 Å². The summed E-state index contributed by atoms with van der Waals surface area (Å²) in [5.74, 6) is 0.509. The van der Waals surface area contributed by atoms with E-state index in [2.05, 4.69) is 15.0 Å². The summed E-state index contributed by atoms with van der Waals surface area (Å²) in [5.41, 5.74) is -0.687. The molecule has 0 saturated heterocycles. The SMILES string of the molecule is CN(Cc1nc2ccccc2c(=O)[nH]1)c1ncc(C(F)(F)F)cc1Cl. The molecule has 0 radical (unpaired) electrons. The van der Waals surface area contributed by atoms with Crippen LogP contribution in [0, 0.1) is 0 Å². The van der Waals surface area contributed by atoms with Gasteiger partial charge in [0.15, 0.2) is 0 Å². The number of pyridine rings is 1. The molecule has 0 bridgehead atoms. The third kappa shape index (κ3) is 3.58. The summed E-state index contributed by atoms with van der Waals surface area (Å²) in [7, 11) is 1.59. The standard InChI is InChI=1S/C16H12ClF3N4O/c1-24(14-11(17)6-9(7-21-14)16(18,19)20)8-13-22-12-5-3-2-4-10(12)15(25)23-13/h2-7H,8H2,1H3,(H,22,23,25). The van der Waals surface area contributed by atoms with Crippen LogP contribution in [0.3, 0.4) is 0 Å². The number of H-pyrrole nitrogens is 1. The first kappa shape index (κ1) is 17.2. The molecule has 1 aromatic carbocycles.